The second kappa shape index (κ2) is 8.29. The first kappa shape index (κ1) is 22.2. The quantitative estimate of drug-likeness (QED) is 0.479. The smallest absolute Gasteiger partial charge is 0.312 e. The highest BCUT2D eigenvalue weighted by Gasteiger charge is 2.52. The van der Waals surface area contributed by atoms with Crippen LogP contribution in [0.3, 0.4) is 0 Å². The summed E-state index contributed by atoms with van der Waals surface area (Å²) in [6.07, 6.45) is 1.91. The van der Waals surface area contributed by atoms with E-state index in [1.165, 1.54) is 6.07 Å². The van der Waals surface area contributed by atoms with E-state index < -0.39 is 23.9 Å². The van der Waals surface area contributed by atoms with Gasteiger partial charge in [-0.3, -0.25) is 4.79 Å². The molecule has 5 nitrogen and oxygen atoms in total. The zero-order chi connectivity index (χ0) is 23.3. The maximum absolute atomic E-state index is 14.0. The molecular formula is C25H24ClF2NO4. The highest BCUT2D eigenvalue weighted by molar-refractivity contribution is 6.30. The van der Waals surface area contributed by atoms with Crippen LogP contribution >= 0.6 is 11.6 Å². The average Bonchev–Trinajstić information content (AvgIpc) is 3.10. The SMILES string of the molecule is O=C(O)[C@]1(CF)C[C@@H](c2c(C3CCOCC3)n(-c3ccc(F)c(Cl)c3)c3ccc(O)cc32)C1. The summed E-state index contributed by atoms with van der Waals surface area (Å²) in [5.74, 6) is -1.61. The average molecular weight is 476 g/mol. The van der Waals surface area contributed by atoms with E-state index in [-0.39, 0.29) is 35.4 Å². The number of aromatic nitrogens is 1. The van der Waals surface area contributed by atoms with Crippen LogP contribution in [-0.2, 0) is 9.53 Å². The number of hydrogen-bond donors (Lipinski definition) is 2. The molecule has 0 bridgehead atoms. The van der Waals surface area contributed by atoms with E-state index in [0.29, 0.717) is 18.9 Å². The molecule has 1 saturated heterocycles. The molecule has 5 rings (SSSR count). The first-order valence-corrected chi connectivity index (χ1v) is 11.4. The molecule has 0 radical (unpaired) electrons. The van der Waals surface area contributed by atoms with Crippen molar-refractivity contribution in [1.82, 2.24) is 4.57 Å². The Kier molecular flexibility index (Phi) is 5.57. The number of carboxylic acid groups (broad SMARTS) is 1. The van der Waals surface area contributed by atoms with E-state index in [1.807, 2.05) is 4.57 Å². The summed E-state index contributed by atoms with van der Waals surface area (Å²) < 4.78 is 35.3. The topological polar surface area (TPSA) is 71.7 Å². The van der Waals surface area contributed by atoms with Gasteiger partial charge in [0.1, 0.15) is 18.2 Å². The zero-order valence-electron chi connectivity index (χ0n) is 17.9. The predicted octanol–water partition coefficient (Wildman–Crippen LogP) is 5.94. The van der Waals surface area contributed by atoms with E-state index in [4.69, 9.17) is 16.3 Å². The number of hydrogen-bond acceptors (Lipinski definition) is 3. The molecule has 0 unspecified atom stereocenters. The maximum Gasteiger partial charge on any atom is 0.312 e. The van der Waals surface area contributed by atoms with Gasteiger partial charge in [-0.25, -0.2) is 8.78 Å². The van der Waals surface area contributed by atoms with Crippen molar-refractivity contribution in [3.63, 3.8) is 0 Å². The number of carbonyl (C=O) groups is 1. The number of phenolic OH excluding ortho intramolecular Hbond substituents is 1. The number of phenols is 1. The molecular weight excluding hydrogens is 452 g/mol. The van der Waals surface area contributed by atoms with Crippen LogP contribution in [0.2, 0.25) is 5.02 Å². The van der Waals surface area contributed by atoms with Crippen LogP contribution in [-0.4, -0.2) is 40.6 Å². The molecule has 33 heavy (non-hydrogen) atoms. The van der Waals surface area contributed by atoms with E-state index in [2.05, 4.69) is 0 Å². The van der Waals surface area contributed by atoms with E-state index in [1.54, 1.807) is 30.3 Å². The Morgan fingerprint density at radius 1 is 1.15 bits per heavy atom. The predicted molar refractivity (Wildman–Crippen MR) is 121 cm³/mol. The van der Waals surface area contributed by atoms with Crippen molar-refractivity contribution in [3.8, 4) is 11.4 Å². The lowest BCUT2D eigenvalue weighted by molar-refractivity contribution is -0.157. The Labute approximate surface area is 194 Å². The summed E-state index contributed by atoms with van der Waals surface area (Å²) in [5.41, 5.74) is 2.02. The minimum Gasteiger partial charge on any atom is -0.508 e. The summed E-state index contributed by atoms with van der Waals surface area (Å²) in [7, 11) is 0. The molecule has 8 heteroatoms. The number of fused-ring (bicyclic) bond motifs is 1. The Morgan fingerprint density at radius 3 is 2.52 bits per heavy atom. The normalized spacial score (nSPS) is 23.5. The number of ether oxygens (including phenoxy) is 1. The molecule has 0 spiro atoms. The van der Waals surface area contributed by atoms with Crippen molar-refractivity contribution in [2.75, 3.05) is 19.9 Å². The number of rotatable bonds is 5. The van der Waals surface area contributed by atoms with Gasteiger partial charge < -0.3 is 19.5 Å². The maximum atomic E-state index is 14.0. The molecule has 0 amide bonds. The van der Waals surface area contributed by atoms with Crippen LogP contribution in [0.1, 0.15) is 48.8 Å². The van der Waals surface area contributed by atoms with Crippen molar-refractivity contribution >= 4 is 28.5 Å². The number of aromatic hydroxyl groups is 1. The Bertz CT molecular complexity index is 1230. The van der Waals surface area contributed by atoms with Crippen molar-refractivity contribution in [2.45, 2.75) is 37.5 Å². The summed E-state index contributed by atoms with van der Waals surface area (Å²) in [6, 6.07) is 9.60. The first-order chi connectivity index (χ1) is 15.8. The van der Waals surface area contributed by atoms with Gasteiger partial charge in [-0.1, -0.05) is 11.6 Å². The largest absolute Gasteiger partial charge is 0.508 e. The molecule has 2 aliphatic rings. The third-order valence-corrected chi connectivity index (χ3v) is 7.48. The summed E-state index contributed by atoms with van der Waals surface area (Å²) >= 11 is 6.12. The number of nitrogens with zero attached hydrogens (tertiary/aromatic N) is 1. The van der Waals surface area contributed by atoms with Gasteiger partial charge in [-0.05, 0) is 73.6 Å². The lowest BCUT2D eigenvalue weighted by atomic mass is 9.59. The van der Waals surface area contributed by atoms with Crippen LogP contribution < -0.4 is 0 Å². The number of benzene rings is 2. The van der Waals surface area contributed by atoms with Crippen molar-refractivity contribution in [3.05, 3.63) is 58.5 Å². The van der Waals surface area contributed by atoms with Gasteiger partial charge in [0, 0.05) is 35.9 Å². The molecule has 1 saturated carbocycles. The van der Waals surface area contributed by atoms with Gasteiger partial charge in [0.05, 0.1) is 16.0 Å². The number of alkyl halides is 1. The van der Waals surface area contributed by atoms with Crippen molar-refractivity contribution in [2.24, 2.45) is 5.41 Å². The minimum atomic E-state index is -1.37. The van der Waals surface area contributed by atoms with E-state index >= 15 is 0 Å². The molecule has 2 N–H and O–H groups in total. The first-order valence-electron chi connectivity index (χ1n) is 11.0. The molecule has 2 heterocycles. The van der Waals surface area contributed by atoms with Gasteiger partial charge in [0.15, 0.2) is 0 Å². The van der Waals surface area contributed by atoms with Gasteiger partial charge in [-0.2, -0.15) is 0 Å². The van der Waals surface area contributed by atoms with Crippen LogP contribution in [0.15, 0.2) is 36.4 Å². The van der Waals surface area contributed by atoms with Crippen molar-refractivity contribution in [1.29, 1.82) is 0 Å². The second-order valence-electron chi connectivity index (χ2n) is 9.15. The summed E-state index contributed by atoms with van der Waals surface area (Å²) in [4.78, 5) is 11.8. The van der Waals surface area contributed by atoms with Gasteiger partial charge in [0.25, 0.3) is 0 Å². The Hall–Kier alpha value is -2.64. The fourth-order valence-electron chi connectivity index (χ4n) is 5.46. The standard InChI is InChI=1S/C25H24ClF2NO4/c26-19-9-16(1-3-20(19)28)29-21-4-2-17(30)10-18(21)22(23(29)14-5-7-33-8-6-14)15-11-25(12-15,13-27)24(31)32/h1-4,9-10,14-15,30H,5-8,11-13H2,(H,31,32)/t15-,25-. The molecule has 1 aliphatic heterocycles. The minimum absolute atomic E-state index is 0.00132. The second-order valence-corrected chi connectivity index (χ2v) is 9.55. The van der Waals surface area contributed by atoms with Crippen LogP contribution in [0.25, 0.3) is 16.6 Å². The Balaban J connectivity index is 1.75. The summed E-state index contributed by atoms with van der Waals surface area (Å²) in [5, 5.41) is 20.7. The van der Waals surface area contributed by atoms with Gasteiger partial charge in [0.2, 0.25) is 0 Å². The highest BCUT2D eigenvalue weighted by atomic mass is 35.5. The fraction of sp³-hybridized carbons (Fsp3) is 0.400. The molecule has 1 aromatic heterocycles. The lowest BCUT2D eigenvalue weighted by Gasteiger charge is -2.43. The third-order valence-electron chi connectivity index (χ3n) is 7.19. The van der Waals surface area contributed by atoms with Crippen molar-refractivity contribution < 1.29 is 28.5 Å². The molecule has 2 aromatic carbocycles. The molecule has 2 fully saturated rings. The van der Waals surface area contributed by atoms with Crippen LogP contribution in [0, 0.1) is 11.2 Å². The molecule has 3 aromatic rings. The Morgan fingerprint density at radius 2 is 1.88 bits per heavy atom. The zero-order valence-corrected chi connectivity index (χ0v) is 18.6. The van der Waals surface area contributed by atoms with Crippen LogP contribution in [0.5, 0.6) is 5.75 Å². The molecule has 0 atom stereocenters. The summed E-state index contributed by atoms with van der Waals surface area (Å²) in [6.45, 7) is 0.271. The number of halogens is 3. The number of aliphatic carboxylic acids is 1. The lowest BCUT2D eigenvalue weighted by Crippen LogP contribution is -2.44. The fourth-order valence-corrected chi connectivity index (χ4v) is 5.63. The van der Waals surface area contributed by atoms with Gasteiger partial charge >= 0.3 is 5.97 Å². The third kappa shape index (κ3) is 3.58. The monoisotopic (exact) mass is 475 g/mol. The highest BCUT2D eigenvalue weighted by Crippen LogP contribution is 2.56. The molecule has 174 valence electrons. The molecule has 1 aliphatic carbocycles. The van der Waals surface area contributed by atoms with E-state index in [0.717, 1.165) is 35.0 Å². The van der Waals surface area contributed by atoms with Gasteiger partial charge in [-0.15, -0.1) is 0 Å². The van der Waals surface area contributed by atoms with Crippen LogP contribution in [0.4, 0.5) is 8.78 Å². The number of carboxylic acids is 1. The van der Waals surface area contributed by atoms with E-state index in [9.17, 15) is 23.8 Å².